The van der Waals surface area contributed by atoms with Gasteiger partial charge in [-0.15, -0.1) is 0 Å². The van der Waals surface area contributed by atoms with Crippen LogP contribution in [0.2, 0.25) is 0 Å². The molecule has 1 amide bonds. The van der Waals surface area contributed by atoms with Crippen molar-refractivity contribution in [2.75, 3.05) is 7.11 Å². The Labute approximate surface area is 202 Å². The lowest BCUT2D eigenvalue weighted by molar-refractivity contribution is 0.0696. The number of hydrogen-bond acceptors (Lipinski definition) is 5. The molecule has 0 bridgehead atoms. The van der Waals surface area contributed by atoms with Crippen molar-refractivity contribution >= 4 is 22.8 Å². The van der Waals surface area contributed by atoms with Crippen LogP contribution in [0.5, 0.6) is 5.75 Å². The maximum Gasteiger partial charge on any atom is 0.335 e. The first-order chi connectivity index (χ1) is 16.9. The first-order valence-corrected chi connectivity index (χ1v) is 11.2. The lowest BCUT2D eigenvalue weighted by Gasteiger charge is -2.09. The zero-order valence-electron chi connectivity index (χ0n) is 19.8. The summed E-state index contributed by atoms with van der Waals surface area (Å²) in [5, 5.41) is 12.2. The highest BCUT2D eigenvalue weighted by molar-refractivity contribution is 5.97. The number of fused-ring (bicyclic) bond motifs is 1. The van der Waals surface area contributed by atoms with Gasteiger partial charge in [0, 0.05) is 12.1 Å². The average Bonchev–Trinajstić information content (AvgIpc) is 2.90. The number of nitrogens with zero attached hydrogens (tertiary/aromatic N) is 2. The third-order valence-electron chi connectivity index (χ3n) is 5.23. The third kappa shape index (κ3) is 6.11. The summed E-state index contributed by atoms with van der Waals surface area (Å²) in [7, 11) is 1.58. The molecule has 4 aromatic rings. The van der Waals surface area contributed by atoms with E-state index in [1.807, 2.05) is 38.1 Å². The molecule has 0 radical (unpaired) electrons. The minimum Gasteiger partial charge on any atom is -0.497 e. The Balaban J connectivity index is 0.00000167. The Morgan fingerprint density at radius 1 is 0.971 bits per heavy atom. The zero-order chi connectivity index (χ0) is 25.4. The van der Waals surface area contributed by atoms with Crippen LogP contribution < -0.4 is 15.6 Å². The lowest BCUT2D eigenvalue weighted by Crippen LogP contribution is -2.24. The van der Waals surface area contributed by atoms with Crippen molar-refractivity contribution < 1.29 is 19.4 Å². The molecule has 35 heavy (non-hydrogen) atoms. The van der Waals surface area contributed by atoms with E-state index < -0.39 is 5.97 Å². The molecule has 0 saturated carbocycles. The fraction of sp³-hybridized carbons (Fsp3) is 0.185. The predicted molar refractivity (Wildman–Crippen MR) is 134 cm³/mol. The van der Waals surface area contributed by atoms with Crippen LogP contribution in [0.3, 0.4) is 0 Å². The molecule has 0 unspecified atom stereocenters. The van der Waals surface area contributed by atoms with Crippen molar-refractivity contribution in [3.63, 3.8) is 0 Å². The number of nitrogens with one attached hydrogen (secondary N) is 1. The van der Waals surface area contributed by atoms with Gasteiger partial charge < -0.3 is 15.2 Å². The summed E-state index contributed by atoms with van der Waals surface area (Å²) in [5.41, 5.74) is 2.38. The molecule has 0 atom stereocenters. The van der Waals surface area contributed by atoms with Crippen LogP contribution >= 0.6 is 0 Å². The molecule has 0 spiro atoms. The van der Waals surface area contributed by atoms with Crippen LogP contribution in [0, 0.1) is 0 Å². The minimum absolute atomic E-state index is 0.173. The second-order valence-corrected chi connectivity index (χ2v) is 7.45. The van der Waals surface area contributed by atoms with Crippen LogP contribution in [0.1, 0.15) is 45.7 Å². The summed E-state index contributed by atoms with van der Waals surface area (Å²) in [5.74, 6) is -0.612. The average molecular weight is 474 g/mol. The number of amides is 1. The number of carboxylic acids is 1. The first-order valence-electron chi connectivity index (χ1n) is 11.2. The van der Waals surface area contributed by atoms with Crippen molar-refractivity contribution in [2.45, 2.75) is 26.9 Å². The Morgan fingerprint density at radius 3 is 2.37 bits per heavy atom. The zero-order valence-corrected chi connectivity index (χ0v) is 19.8. The van der Waals surface area contributed by atoms with Crippen LogP contribution in [0.15, 0.2) is 77.9 Å². The molecule has 2 N–H and O–H groups in total. The summed E-state index contributed by atoms with van der Waals surface area (Å²) < 4.78 is 6.62. The molecule has 0 aliphatic carbocycles. The van der Waals surface area contributed by atoms with E-state index in [9.17, 15) is 14.4 Å². The number of carbonyl (C=O) groups excluding carboxylic acids is 1. The second kappa shape index (κ2) is 11.6. The number of aromatic carboxylic acids is 1. The molecule has 0 saturated heterocycles. The molecule has 8 heteroatoms. The number of ether oxygens (including phenoxy) is 1. The number of benzene rings is 3. The van der Waals surface area contributed by atoms with E-state index in [0.29, 0.717) is 28.8 Å². The van der Waals surface area contributed by atoms with Crippen LogP contribution in [-0.2, 0) is 13.1 Å². The summed E-state index contributed by atoms with van der Waals surface area (Å²) in [4.78, 5) is 41.0. The molecule has 1 aromatic heterocycles. The Bertz CT molecular complexity index is 1390. The summed E-state index contributed by atoms with van der Waals surface area (Å²) in [6, 6.07) is 18.5. The SMILES string of the molecule is CC.COc1cccc(CNC(=O)c2ccc3ncn(Cc4ccc(C(=O)O)cc4)c(=O)c3c2)c1. The van der Waals surface area contributed by atoms with E-state index in [0.717, 1.165) is 11.1 Å². The van der Waals surface area contributed by atoms with Crippen molar-refractivity contribution in [3.05, 3.63) is 106 Å². The lowest BCUT2D eigenvalue weighted by atomic mass is 10.1. The van der Waals surface area contributed by atoms with Crippen LogP contribution in [0.25, 0.3) is 10.9 Å². The molecule has 3 aromatic carbocycles. The molecular formula is C27H27N3O5. The van der Waals surface area contributed by atoms with Gasteiger partial charge in [-0.1, -0.05) is 38.1 Å². The summed E-state index contributed by atoms with van der Waals surface area (Å²) >= 11 is 0. The van der Waals surface area contributed by atoms with Gasteiger partial charge in [-0.3, -0.25) is 14.2 Å². The molecule has 0 aliphatic heterocycles. The standard InChI is InChI=1S/C25H21N3O5.C2H6/c1-33-20-4-2-3-17(11-20)13-26-23(29)19-9-10-22-21(12-19)24(30)28(15-27-22)14-16-5-7-18(8-6-16)25(31)32;1-2/h2-12,15H,13-14H2,1H3,(H,26,29)(H,31,32);1-2H3. The van der Waals surface area contributed by atoms with Crippen molar-refractivity contribution in [1.29, 1.82) is 0 Å². The number of methoxy groups -OCH3 is 1. The number of rotatable bonds is 7. The van der Waals surface area contributed by atoms with Crippen molar-refractivity contribution in [2.24, 2.45) is 0 Å². The highest BCUT2D eigenvalue weighted by Gasteiger charge is 2.11. The Hall–Kier alpha value is -4.46. The van der Waals surface area contributed by atoms with E-state index in [1.54, 1.807) is 31.4 Å². The molecule has 0 aliphatic rings. The van der Waals surface area contributed by atoms with Gasteiger partial charge in [-0.05, 0) is 53.6 Å². The monoisotopic (exact) mass is 473 g/mol. The predicted octanol–water partition coefficient (Wildman–Crippen LogP) is 4.11. The Morgan fingerprint density at radius 2 is 1.69 bits per heavy atom. The summed E-state index contributed by atoms with van der Waals surface area (Å²) in [6.45, 7) is 4.55. The maximum atomic E-state index is 13.0. The topological polar surface area (TPSA) is 111 Å². The minimum atomic E-state index is -1.01. The molecule has 8 nitrogen and oxygen atoms in total. The molecule has 4 rings (SSSR count). The highest BCUT2D eigenvalue weighted by atomic mass is 16.5. The van der Waals surface area contributed by atoms with E-state index >= 15 is 0 Å². The highest BCUT2D eigenvalue weighted by Crippen LogP contribution is 2.14. The van der Waals surface area contributed by atoms with Gasteiger partial charge in [0.15, 0.2) is 0 Å². The van der Waals surface area contributed by atoms with Gasteiger partial charge in [0.25, 0.3) is 11.5 Å². The van der Waals surface area contributed by atoms with Crippen molar-refractivity contribution in [3.8, 4) is 5.75 Å². The normalized spacial score (nSPS) is 10.3. The van der Waals surface area contributed by atoms with E-state index in [2.05, 4.69) is 10.3 Å². The molecule has 180 valence electrons. The van der Waals surface area contributed by atoms with E-state index in [-0.39, 0.29) is 23.6 Å². The van der Waals surface area contributed by atoms with Crippen LogP contribution in [0.4, 0.5) is 0 Å². The quantitative estimate of drug-likeness (QED) is 0.418. The second-order valence-electron chi connectivity index (χ2n) is 7.45. The number of carboxylic acid groups (broad SMARTS) is 1. The smallest absolute Gasteiger partial charge is 0.335 e. The molecular weight excluding hydrogens is 446 g/mol. The molecule has 0 fully saturated rings. The fourth-order valence-corrected chi connectivity index (χ4v) is 3.43. The summed E-state index contributed by atoms with van der Waals surface area (Å²) in [6.07, 6.45) is 1.44. The van der Waals surface area contributed by atoms with Gasteiger partial charge in [0.2, 0.25) is 0 Å². The number of aromatic nitrogens is 2. The third-order valence-corrected chi connectivity index (χ3v) is 5.23. The number of hydrogen-bond donors (Lipinski definition) is 2. The van der Waals surface area contributed by atoms with E-state index in [4.69, 9.17) is 9.84 Å². The first kappa shape index (κ1) is 25.2. The van der Waals surface area contributed by atoms with Gasteiger partial charge in [0.1, 0.15) is 5.75 Å². The maximum absolute atomic E-state index is 13.0. The van der Waals surface area contributed by atoms with E-state index in [1.165, 1.54) is 29.1 Å². The van der Waals surface area contributed by atoms with Gasteiger partial charge in [0.05, 0.1) is 36.4 Å². The molecule has 1 heterocycles. The largest absolute Gasteiger partial charge is 0.497 e. The van der Waals surface area contributed by atoms with Gasteiger partial charge in [-0.2, -0.15) is 0 Å². The van der Waals surface area contributed by atoms with Crippen molar-refractivity contribution in [1.82, 2.24) is 14.9 Å². The fourth-order valence-electron chi connectivity index (χ4n) is 3.43. The number of carbonyl (C=O) groups is 2. The van der Waals surface area contributed by atoms with Gasteiger partial charge >= 0.3 is 5.97 Å². The van der Waals surface area contributed by atoms with Gasteiger partial charge in [-0.25, -0.2) is 9.78 Å². The Kier molecular flexibility index (Phi) is 8.34. The van der Waals surface area contributed by atoms with Crippen LogP contribution in [-0.4, -0.2) is 33.6 Å².